The number of hydrogen-bond acceptors (Lipinski definition) is 4. The number of hydrogen-bond donors (Lipinski definition) is 2. The first-order chi connectivity index (χ1) is 9.49. The number of benzene rings is 1. The van der Waals surface area contributed by atoms with E-state index in [1.807, 2.05) is 0 Å². The number of nitrogens with two attached hydrogens (primary N) is 1. The van der Waals surface area contributed by atoms with Gasteiger partial charge in [-0.05, 0) is 12.1 Å². The molecule has 0 bridgehead atoms. The van der Waals surface area contributed by atoms with E-state index < -0.39 is 57.3 Å². The predicted octanol–water partition coefficient (Wildman–Crippen LogP) is 1.61. The zero-order valence-corrected chi connectivity index (χ0v) is 11.9. The maximum absolute atomic E-state index is 13.1. The number of anilines is 1. The molecule has 120 valence electrons. The molecule has 0 aromatic heterocycles. The van der Waals surface area contributed by atoms with Crippen LogP contribution in [0.1, 0.15) is 0 Å². The van der Waals surface area contributed by atoms with Gasteiger partial charge in [-0.2, -0.15) is 17.5 Å². The van der Waals surface area contributed by atoms with Gasteiger partial charge in [0, 0.05) is 6.54 Å². The van der Waals surface area contributed by atoms with Crippen molar-refractivity contribution in [3.8, 4) is 0 Å². The van der Waals surface area contributed by atoms with Gasteiger partial charge < -0.3 is 10.8 Å². The van der Waals surface area contributed by atoms with E-state index in [0.717, 1.165) is 0 Å². The largest absolute Gasteiger partial charge is 0.402 e. The molecule has 11 heteroatoms. The molecule has 0 saturated heterocycles. The van der Waals surface area contributed by atoms with E-state index >= 15 is 0 Å². The van der Waals surface area contributed by atoms with E-state index in [1.54, 1.807) is 0 Å². The van der Waals surface area contributed by atoms with E-state index in [1.165, 1.54) is 0 Å². The van der Waals surface area contributed by atoms with Crippen molar-refractivity contribution in [2.75, 3.05) is 25.4 Å². The molecule has 0 saturated carbocycles. The van der Waals surface area contributed by atoms with E-state index in [-0.39, 0.29) is 4.31 Å². The molecule has 0 atom stereocenters. The Morgan fingerprint density at radius 3 is 2.38 bits per heavy atom. The van der Waals surface area contributed by atoms with Crippen molar-refractivity contribution >= 4 is 27.3 Å². The van der Waals surface area contributed by atoms with Gasteiger partial charge in [-0.15, -0.1) is 0 Å². The Morgan fingerprint density at radius 2 is 1.90 bits per heavy atom. The number of aliphatic hydroxyl groups excluding tert-OH is 1. The minimum Gasteiger partial charge on any atom is -0.396 e. The summed E-state index contributed by atoms with van der Waals surface area (Å²) in [5, 5.41) is 8.12. The minimum atomic E-state index is -4.82. The summed E-state index contributed by atoms with van der Waals surface area (Å²) < 4.78 is 74.6. The first-order valence-corrected chi connectivity index (χ1v) is 7.23. The molecule has 0 heterocycles. The molecule has 0 spiro atoms. The normalized spacial score (nSPS) is 12.9. The van der Waals surface area contributed by atoms with Crippen LogP contribution in [0.15, 0.2) is 17.0 Å². The van der Waals surface area contributed by atoms with Crippen molar-refractivity contribution in [3.05, 3.63) is 23.0 Å². The second kappa shape index (κ2) is 6.34. The average molecular weight is 351 g/mol. The Hall–Kier alpha value is -1.10. The fourth-order valence-corrected chi connectivity index (χ4v) is 3.42. The molecule has 3 N–H and O–H groups in total. The van der Waals surface area contributed by atoms with Gasteiger partial charge in [-0.25, -0.2) is 12.8 Å². The zero-order chi connectivity index (χ0) is 16.4. The van der Waals surface area contributed by atoms with Crippen molar-refractivity contribution in [1.82, 2.24) is 4.31 Å². The van der Waals surface area contributed by atoms with Gasteiger partial charge in [-0.1, -0.05) is 11.6 Å². The van der Waals surface area contributed by atoms with Crippen molar-refractivity contribution < 1.29 is 31.1 Å². The Labute approximate surface area is 123 Å². The molecule has 0 radical (unpaired) electrons. The molecule has 21 heavy (non-hydrogen) atoms. The third-order valence-corrected chi connectivity index (χ3v) is 4.68. The minimum absolute atomic E-state index is 0.00837. The number of halogens is 5. The predicted molar refractivity (Wildman–Crippen MR) is 67.7 cm³/mol. The molecular weight excluding hydrogens is 340 g/mol. The van der Waals surface area contributed by atoms with Crippen LogP contribution in [0.4, 0.5) is 23.2 Å². The molecule has 1 aromatic carbocycles. The molecule has 0 amide bonds. The summed E-state index contributed by atoms with van der Waals surface area (Å²) in [4.78, 5) is -0.763. The first kappa shape index (κ1) is 18.0. The monoisotopic (exact) mass is 350 g/mol. The molecule has 0 unspecified atom stereocenters. The van der Waals surface area contributed by atoms with Gasteiger partial charge in [0.25, 0.3) is 0 Å². The van der Waals surface area contributed by atoms with Gasteiger partial charge in [0.15, 0.2) is 0 Å². The maximum Gasteiger partial charge on any atom is 0.402 e. The molecule has 0 fully saturated rings. The fourth-order valence-electron chi connectivity index (χ4n) is 1.48. The van der Waals surface area contributed by atoms with E-state index in [9.17, 15) is 26.0 Å². The molecule has 5 nitrogen and oxygen atoms in total. The highest BCUT2D eigenvalue weighted by molar-refractivity contribution is 7.89. The number of nitrogen functional groups attached to an aromatic ring is 1. The van der Waals surface area contributed by atoms with Crippen LogP contribution < -0.4 is 5.73 Å². The quantitative estimate of drug-likeness (QED) is 0.624. The number of sulfonamides is 1. The maximum atomic E-state index is 13.1. The summed E-state index contributed by atoms with van der Waals surface area (Å²) in [6.07, 6.45) is -4.82. The van der Waals surface area contributed by atoms with Crippen LogP contribution in [-0.2, 0) is 10.0 Å². The average Bonchev–Trinajstić information content (AvgIpc) is 2.31. The third-order valence-electron chi connectivity index (χ3n) is 2.37. The van der Waals surface area contributed by atoms with Crippen LogP contribution in [0.5, 0.6) is 0 Å². The molecule has 1 aromatic rings. The molecule has 1 rings (SSSR count). The lowest BCUT2D eigenvalue weighted by atomic mass is 10.3. The first-order valence-electron chi connectivity index (χ1n) is 5.41. The highest BCUT2D eigenvalue weighted by Gasteiger charge is 2.37. The summed E-state index contributed by atoms with van der Waals surface area (Å²) in [6, 6.07) is 1.22. The Bertz CT molecular complexity index is 621. The van der Waals surface area contributed by atoms with Crippen LogP contribution in [-0.4, -0.2) is 43.7 Å². The second-order valence-electron chi connectivity index (χ2n) is 3.98. The highest BCUT2D eigenvalue weighted by Crippen LogP contribution is 2.30. The standard InChI is InChI=1S/C10H11ClF4N2O3S/c11-6-3-7(12)8(16)4-9(6)21(19,20)17(1-2-18)5-10(13,14)15/h3-4,18H,1-2,5,16H2. The van der Waals surface area contributed by atoms with Crippen molar-refractivity contribution in [1.29, 1.82) is 0 Å². The van der Waals surface area contributed by atoms with Crippen LogP contribution in [0.2, 0.25) is 5.02 Å². The topological polar surface area (TPSA) is 83.6 Å². The molecular formula is C10H11ClF4N2O3S. The van der Waals surface area contributed by atoms with Gasteiger partial charge >= 0.3 is 6.18 Å². The van der Waals surface area contributed by atoms with Gasteiger partial charge in [0.1, 0.15) is 17.3 Å². The van der Waals surface area contributed by atoms with Crippen molar-refractivity contribution in [2.24, 2.45) is 0 Å². The summed E-state index contributed by atoms with van der Waals surface area (Å²) in [7, 11) is -4.69. The Morgan fingerprint density at radius 1 is 1.33 bits per heavy atom. The van der Waals surface area contributed by atoms with Crippen LogP contribution in [0.3, 0.4) is 0 Å². The van der Waals surface area contributed by atoms with Crippen LogP contribution in [0.25, 0.3) is 0 Å². The SMILES string of the molecule is Nc1cc(S(=O)(=O)N(CCO)CC(F)(F)F)c(Cl)cc1F. The van der Waals surface area contributed by atoms with Crippen molar-refractivity contribution in [3.63, 3.8) is 0 Å². The van der Waals surface area contributed by atoms with E-state index in [0.29, 0.717) is 12.1 Å². The summed E-state index contributed by atoms with van der Waals surface area (Å²) in [5.74, 6) is -0.997. The molecule has 0 aliphatic heterocycles. The van der Waals surface area contributed by atoms with Gasteiger partial charge in [0.2, 0.25) is 10.0 Å². The van der Waals surface area contributed by atoms with Crippen LogP contribution >= 0.6 is 11.6 Å². The lowest BCUT2D eigenvalue weighted by Gasteiger charge is -2.23. The molecule has 0 aliphatic rings. The number of aliphatic hydroxyl groups is 1. The summed E-state index contributed by atoms with van der Waals surface area (Å²) in [6.45, 7) is -3.44. The van der Waals surface area contributed by atoms with Crippen LogP contribution in [0, 0.1) is 5.82 Å². The fraction of sp³-hybridized carbons (Fsp3) is 0.400. The Kier molecular flexibility index (Phi) is 5.42. The number of nitrogens with zero attached hydrogens (tertiary/aromatic N) is 1. The summed E-state index contributed by atoms with van der Waals surface area (Å²) in [5.41, 5.74) is 4.62. The summed E-state index contributed by atoms with van der Waals surface area (Å²) >= 11 is 5.56. The smallest absolute Gasteiger partial charge is 0.396 e. The lowest BCUT2D eigenvalue weighted by molar-refractivity contribution is -0.136. The van der Waals surface area contributed by atoms with Crippen molar-refractivity contribution in [2.45, 2.75) is 11.1 Å². The highest BCUT2D eigenvalue weighted by atomic mass is 35.5. The van der Waals surface area contributed by atoms with Gasteiger partial charge in [0.05, 0.1) is 17.3 Å². The number of rotatable bonds is 5. The zero-order valence-electron chi connectivity index (χ0n) is 10.4. The Balaban J connectivity index is 3.32. The van der Waals surface area contributed by atoms with Gasteiger partial charge in [-0.3, -0.25) is 0 Å². The molecule has 0 aliphatic carbocycles. The third kappa shape index (κ3) is 4.43. The lowest BCUT2D eigenvalue weighted by Crippen LogP contribution is -2.40. The number of alkyl halides is 3. The van der Waals surface area contributed by atoms with E-state index in [2.05, 4.69) is 0 Å². The van der Waals surface area contributed by atoms with E-state index in [4.69, 9.17) is 22.4 Å². The second-order valence-corrected chi connectivity index (χ2v) is 6.30.